The van der Waals surface area contributed by atoms with Crippen molar-refractivity contribution in [1.82, 2.24) is 15.6 Å². The third kappa shape index (κ3) is 4.22. The van der Waals surface area contributed by atoms with E-state index in [0.29, 0.717) is 36.3 Å². The minimum absolute atomic E-state index is 0.111. The van der Waals surface area contributed by atoms with Crippen molar-refractivity contribution >= 4 is 23.2 Å². The van der Waals surface area contributed by atoms with Crippen LogP contribution >= 0.6 is 11.3 Å². The van der Waals surface area contributed by atoms with Crippen LogP contribution in [0.4, 0.5) is 0 Å². The number of fused-ring (bicyclic) bond motifs is 1. The summed E-state index contributed by atoms with van der Waals surface area (Å²) in [7, 11) is 0. The van der Waals surface area contributed by atoms with Crippen LogP contribution in [0.2, 0.25) is 0 Å². The van der Waals surface area contributed by atoms with E-state index in [9.17, 15) is 9.59 Å². The minimum atomic E-state index is 0.111. The normalized spacial score (nSPS) is 31.4. The smallest absolute Gasteiger partial charge is 0.225 e. The summed E-state index contributed by atoms with van der Waals surface area (Å²) in [5, 5.41) is 6.46. The fourth-order valence-corrected chi connectivity index (χ4v) is 5.46. The lowest BCUT2D eigenvalue weighted by molar-refractivity contribution is -0.123. The minimum Gasteiger partial charge on any atom is -0.353 e. The van der Waals surface area contributed by atoms with Gasteiger partial charge in [0.1, 0.15) is 0 Å². The second-order valence-corrected chi connectivity index (χ2v) is 9.11. The first-order valence-corrected chi connectivity index (χ1v) is 10.5. The van der Waals surface area contributed by atoms with Gasteiger partial charge in [-0.1, -0.05) is 6.42 Å². The molecule has 1 heterocycles. The molecular weight excluding hydrogens is 334 g/mol. The largest absolute Gasteiger partial charge is 0.353 e. The van der Waals surface area contributed by atoms with Crippen molar-refractivity contribution < 1.29 is 9.59 Å². The van der Waals surface area contributed by atoms with Gasteiger partial charge < -0.3 is 10.6 Å². The van der Waals surface area contributed by atoms with Gasteiger partial charge in [-0.05, 0) is 56.3 Å². The molecule has 2 N–H and O–H groups in total. The maximum atomic E-state index is 12.1. The first-order valence-electron chi connectivity index (χ1n) is 9.62. The van der Waals surface area contributed by atoms with Gasteiger partial charge in [0, 0.05) is 29.6 Å². The SMILES string of the molecule is O=C(Cc1cncs1)NC1C[C@@H]2CC(NC(=O)CC3CCC3)C[C@@H]2C1. The molecule has 0 radical (unpaired) electrons. The van der Waals surface area contributed by atoms with Gasteiger partial charge in [0.2, 0.25) is 11.8 Å². The Labute approximate surface area is 153 Å². The van der Waals surface area contributed by atoms with Crippen molar-refractivity contribution in [2.45, 2.75) is 69.9 Å². The van der Waals surface area contributed by atoms with E-state index in [1.807, 2.05) is 0 Å². The molecule has 3 aliphatic rings. The third-order valence-corrected chi connectivity index (χ3v) is 7.04. The Kier molecular flexibility index (Phi) is 5.06. The van der Waals surface area contributed by atoms with Crippen molar-refractivity contribution in [2.75, 3.05) is 0 Å². The van der Waals surface area contributed by atoms with E-state index in [1.54, 1.807) is 11.7 Å². The van der Waals surface area contributed by atoms with Crippen LogP contribution in [0.3, 0.4) is 0 Å². The molecule has 2 amide bonds. The molecule has 6 heteroatoms. The zero-order chi connectivity index (χ0) is 17.2. The Bertz CT molecular complexity index is 600. The van der Waals surface area contributed by atoms with Gasteiger partial charge in [0.05, 0.1) is 11.9 Å². The van der Waals surface area contributed by atoms with Crippen LogP contribution in [-0.2, 0) is 16.0 Å². The van der Waals surface area contributed by atoms with E-state index in [4.69, 9.17) is 0 Å². The van der Waals surface area contributed by atoms with E-state index in [1.165, 1.54) is 30.6 Å². The molecule has 2 unspecified atom stereocenters. The molecule has 3 fully saturated rings. The van der Waals surface area contributed by atoms with E-state index < -0.39 is 0 Å². The molecule has 3 aliphatic carbocycles. The van der Waals surface area contributed by atoms with Gasteiger partial charge in [-0.15, -0.1) is 11.3 Å². The van der Waals surface area contributed by atoms with Gasteiger partial charge in [-0.2, -0.15) is 0 Å². The highest BCUT2D eigenvalue weighted by molar-refractivity contribution is 7.09. The molecule has 4 rings (SSSR count). The Morgan fingerprint density at radius 1 is 1.04 bits per heavy atom. The molecule has 0 spiro atoms. The molecular formula is C19H27N3O2S. The van der Waals surface area contributed by atoms with Crippen molar-refractivity contribution in [3.05, 3.63) is 16.6 Å². The predicted molar refractivity (Wildman–Crippen MR) is 97.1 cm³/mol. The molecule has 0 aliphatic heterocycles. The van der Waals surface area contributed by atoms with E-state index in [-0.39, 0.29) is 11.8 Å². The first kappa shape index (κ1) is 17.0. The number of thiazole rings is 1. The molecule has 136 valence electrons. The third-order valence-electron chi connectivity index (χ3n) is 6.26. The number of carbonyl (C=O) groups excluding carboxylic acids is 2. The number of aromatic nitrogens is 1. The second kappa shape index (κ2) is 7.44. The fourth-order valence-electron chi connectivity index (χ4n) is 4.86. The van der Waals surface area contributed by atoms with Gasteiger partial charge >= 0.3 is 0 Å². The average Bonchev–Trinajstić information content (AvgIpc) is 3.20. The maximum Gasteiger partial charge on any atom is 0.225 e. The Morgan fingerprint density at radius 2 is 1.68 bits per heavy atom. The van der Waals surface area contributed by atoms with Crippen LogP contribution in [0.25, 0.3) is 0 Å². The van der Waals surface area contributed by atoms with Crippen LogP contribution in [0.1, 0.15) is 56.2 Å². The monoisotopic (exact) mass is 361 g/mol. The predicted octanol–water partition coefficient (Wildman–Crippen LogP) is 2.67. The summed E-state index contributed by atoms with van der Waals surface area (Å²) in [6, 6.07) is 0.665. The fraction of sp³-hybridized carbons (Fsp3) is 0.737. The lowest BCUT2D eigenvalue weighted by Crippen LogP contribution is -2.37. The van der Waals surface area contributed by atoms with Gasteiger partial charge in [-0.25, -0.2) is 0 Å². The van der Waals surface area contributed by atoms with Crippen LogP contribution < -0.4 is 10.6 Å². The summed E-state index contributed by atoms with van der Waals surface area (Å²) in [5.41, 5.74) is 1.77. The highest BCUT2D eigenvalue weighted by Gasteiger charge is 2.42. The number of hydrogen-bond donors (Lipinski definition) is 2. The molecule has 0 aromatic carbocycles. The van der Waals surface area contributed by atoms with Crippen LogP contribution in [-0.4, -0.2) is 28.9 Å². The molecule has 1 aromatic rings. The summed E-state index contributed by atoms with van der Waals surface area (Å²) in [4.78, 5) is 29.3. The standard InChI is InChI=1S/C19H27N3O2S/c23-18(4-12-2-1-3-12)21-15-5-13-7-16(8-14(13)6-15)22-19(24)9-17-10-20-11-25-17/h10-16H,1-9H2,(H,21,23)(H,22,24)/t13-,14+,15?,16?. The number of nitrogens with zero attached hydrogens (tertiary/aromatic N) is 1. The topological polar surface area (TPSA) is 71.1 Å². The summed E-state index contributed by atoms with van der Waals surface area (Å²) >= 11 is 1.53. The molecule has 5 nitrogen and oxygen atoms in total. The van der Waals surface area contributed by atoms with Crippen molar-refractivity contribution in [3.63, 3.8) is 0 Å². The Balaban J connectivity index is 1.18. The van der Waals surface area contributed by atoms with Crippen LogP contribution in [0, 0.1) is 17.8 Å². The molecule has 0 saturated heterocycles. The summed E-state index contributed by atoms with van der Waals surface area (Å²) in [6.07, 6.45) is 11.0. The Hall–Kier alpha value is -1.43. The van der Waals surface area contributed by atoms with Gasteiger partial charge in [-0.3, -0.25) is 14.6 Å². The van der Waals surface area contributed by atoms with Crippen LogP contribution in [0.5, 0.6) is 0 Å². The first-order chi connectivity index (χ1) is 12.2. The van der Waals surface area contributed by atoms with Gasteiger partial charge in [0.25, 0.3) is 0 Å². The van der Waals surface area contributed by atoms with Crippen molar-refractivity contribution in [2.24, 2.45) is 17.8 Å². The molecule has 3 saturated carbocycles. The summed E-state index contributed by atoms with van der Waals surface area (Å²) in [6.45, 7) is 0. The lowest BCUT2D eigenvalue weighted by Gasteiger charge is -2.25. The second-order valence-electron chi connectivity index (χ2n) is 8.14. The van der Waals surface area contributed by atoms with E-state index in [0.717, 1.165) is 37.0 Å². The molecule has 0 bridgehead atoms. The van der Waals surface area contributed by atoms with E-state index in [2.05, 4.69) is 15.6 Å². The number of carbonyl (C=O) groups is 2. The van der Waals surface area contributed by atoms with E-state index >= 15 is 0 Å². The highest BCUT2D eigenvalue weighted by atomic mass is 32.1. The zero-order valence-electron chi connectivity index (χ0n) is 14.6. The average molecular weight is 362 g/mol. The number of nitrogens with one attached hydrogen (secondary N) is 2. The molecule has 1 aromatic heterocycles. The van der Waals surface area contributed by atoms with Crippen molar-refractivity contribution in [1.29, 1.82) is 0 Å². The quantitative estimate of drug-likeness (QED) is 0.818. The molecule has 25 heavy (non-hydrogen) atoms. The van der Waals surface area contributed by atoms with Crippen LogP contribution in [0.15, 0.2) is 11.7 Å². The number of hydrogen-bond acceptors (Lipinski definition) is 4. The Morgan fingerprint density at radius 3 is 2.20 bits per heavy atom. The zero-order valence-corrected chi connectivity index (χ0v) is 15.4. The lowest BCUT2D eigenvalue weighted by atomic mass is 9.83. The highest BCUT2D eigenvalue weighted by Crippen LogP contribution is 2.44. The molecule has 4 atom stereocenters. The maximum absolute atomic E-state index is 12.1. The summed E-state index contributed by atoms with van der Waals surface area (Å²) < 4.78 is 0. The number of amides is 2. The summed E-state index contributed by atoms with van der Waals surface area (Å²) in [5.74, 6) is 2.31. The van der Waals surface area contributed by atoms with Gasteiger partial charge in [0.15, 0.2) is 0 Å². The number of rotatable bonds is 6. The van der Waals surface area contributed by atoms with Crippen molar-refractivity contribution in [3.8, 4) is 0 Å².